The third kappa shape index (κ3) is 1.92. The summed E-state index contributed by atoms with van der Waals surface area (Å²) in [6, 6.07) is 3.23. The van der Waals surface area contributed by atoms with Crippen LogP contribution in [0.4, 0.5) is 4.39 Å². The highest BCUT2D eigenvalue weighted by atomic mass is 19.1. The van der Waals surface area contributed by atoms with Gasteiger partial charge >= 0.3 is 5.97 Å². The van der Waals surface area contributed by atoms with Gasteiger partial charge in [-0.15, -0.1) is 0 Å². The van der Waals surface area contributed by atoms with E-state index in [1.165, 1.54) is 13.8 Å². The van der Waals surface area contributed by atoms with Crippen LogP contribution in [-0.2, 0) is 15.9 Å². The largest absolute Gasteiger partial charge is 0.486 e. The number of rotatable bonds is 3. The molecule has 108 valence electrons. The van der Waals surface area contributed by atoms with Crippen molar-refractivity contribution < 1.29 is 23.8 Å². The smallest absolute Gasteiger partial charge is 0.314 e. The van der Waals surface area contributed by atoms with Crippen molar-refractivity contribution in [2.24, 2.45) is 0 Å². The lowest BCUT2D eigenvalue weighted by atomic mass is 9.89. The Morgan fingerprint density at radius 1 is 1.30 bits per heavy atom. The normalized spacial score (nSPS) is 19.6. The summed E-state index contributed by atoms with van der Waals surface area (Å²) in [7, 11) is 0. The molecule has 5 heteroatoms. The number of carboxylic acids is 1. The quantitative estimate of drug-likeness (QED) is 0.925. The van der Waals surface area contributed by atoms with Gasteiger partial charge in [0.05, 0.1) is 5.41 Å². The molecule has 1 fully saturated rings. The standard InChI is InChI=1S/C15H17FO4/c1-14(2,16)9-7-10(15(3-4-15)13(17)18)12-11(8-9)19-5-6-20-12/h7-8H,3-6H2,1-2H3,(H,17,18). The van der Waals surface area contributed by atoms with Crippen molar-refractivity contribution >= 4 is 5.97 Å². The van der Waals surface area contributed by atoms with Crippen LogP contribution in [-0.4, -0.2) is 24.3 Å². The SMILES string of the molecule is CC(C)(F)c1cc2c(c(C3(C(=O)O)CC3)c1)OCCO2. The number of halogens is 1. The summed E-state index contributed by atoms with van der Waals surface area (Å²) < 4.78 is 25.3. The molecule has 20 heavy (non-hydrogen) atoms. The lowest BCUT2D eigenvalue weighted by Crippen LogP contribution is -2.25. The molecule has 0 atom stereocenters. The Hall–Kier alpha value is -1.78. The van der Waals surface area contributed by atoms with Gasteiger partial charge in [-0.25, -0.2) is 4.39 Å². The van der Waals surface area contributed by atoms with Crippen molar-refractivity contribution in [2.75, 3.05) is 13.2 Å². The number of hydrogen-bond acceptors (Lipinski definition) is 3. The minimum absolute atomic E-state index is 0.383. The fourth-order valence-corrected chi connectivity index (χ4v) is 2.58. The van der Waals surface area contributed by atoms with Crippen LogP contribution in [0.5, 0.6) is 11.5 Å². The van der Waals surface area contributed by atoms with Gasteiger partial charge in [-0.3, -0.25) is 4.79 Å². The zero-order valence-electron chi connectivity index (χ0n) is 11.5. The lowest BCUT2D eigenvalue weighted by molar-refractivity contribution is -0.140. The van der Waals surface area contributed by atoms with Gasteiger partial charge in [0.2, 0.25) is 0 Å². The van der Waals surface area contributed by atoms with Crippen molar-refractivity contribution in [1.29, 1.82) is 0 Å². The van der Waals surface area contributed by atoms with Crippen LogP contribution in [0.2, 0.25) is 0 Å². The molecule has 1 aromatic carbocycles. The topological polar surface area (TPSA) is 55.8 Å². The van der Waals surface area contributed by atoms with Gasteiger partial charge in [0.25, 0.3) is 0 Å². The van der Waals surface area contributed by atoms with E-state index in [2.05, 4.69) is 0 Å². The molecule has 0 aromatic heterocycles. The highest BCUT2D eigenvalue weighted by Gasteiger charge is 2.54. The fraction of sp³-hybridized carbons (Fsp3) is 0.533. The second-order valence-electron chi connectivity index (χ2n) is 5.91. The first-order valence-corrected chi connectivity index (χ1v) is 6.71. The Morgan fingerprint density at radius 3 is 2.50 bits per heavy atom. The van der Waals surface area contributed by atoms with Crippen LogP contribution in [0.3, 0.4) is 0 Å². The number of carboxylic acid groups (broad SMARTS) is 1. The van der Waals surface area contributed by atoms with E-state index in [0.29, 0.717) is 48.7 Å². The maximum Gasteiger partial charge on any atom is 0.314 e. The lowest BCUT2D eigenvalue weighted by Gasteiger charge is -2.26. The predicted octanol–water partition coefficient (Wildman–Crippen LogP) is 2.78. The highest BCUT2D eigenvalue weighted by Crippen LogP contribution is 2.55. The minimum Gasteiger partial charge on any atom is -0.486 e. The third-order valence-electron chi connectivity index (χ3n) is 4.00. The van der Waals surface area contributed by atoms with Gasteiger partial charge in [-0.2, -0.15) is 0 Å². The van der Waals surface area contributed by atoms with Gasteiger partial charge in [-0.05, 0) is 44.4 Å². The van der Waals surface area contributed by atoms with Gasteiger partial charge in [-0.1, -0.05) is 0 Å². The summed E-state index contributed by atoms with van der Waals surface area (Å²) >= 11 is 0. The number of aliphatic carboxylic acids is 1. The van der Waals surface area contributed by atoms with Crippen molar-refractivity contribution in [3.05, 3.63) is 23.3 Å². The van der Waals surface area contributed by atoms with Gasteiger partial charge < -0.3 is 14.6 Å². The molecule has 1 saturated carbocycles. The molecular formula is C15H17FO4. The molecule has 1 N–H and O–H groups in total. The first-order valence-electron chi connectivity index (χ1n) is 6.71. The predicted molar refractivity (Wildman–Crippen MR) is 70.1 cm³/mol. The fourth-order valence-electron chi connectivity index (χ4n) is 2.58. The molecule has 2 aliphatic rings. The van der Waals surface area contributed by atoms with E-state index < -0.39 is 17.1 Å². The van der Waals surface area contributed by atoms with Crippen molar-refractivity contribution in [3.8, 4) is 11.5 Å². The van der Waals surface area contributed by atoms with Crippen LogP contribution in [0, 0.1) is 0 Å². The summed E-state index contributed by atoms with van der Waals surface area (Å²) in [5, 5.41) is 9.46. The molecule has 0 bridgehead atoms. The molecule has 0 radical (unpaired) electrons. The summed E-state index contributed by atoms with van der Waals surface area (Å²) in [4.78, 5) is 11.5. The van der Waals surface area contributed by atoms with Crippen molar-refractivity contribution in [1.82, 2.24) is 0 Å². The molecule has 0 unspecified atom stereocenters. The minimum atomic E-state index is -1.56. The summed E-state index contributed by atoms with van der Waals surface area (Å²) in [6.45, 7) is 3.67. The molecule has 0 amide bonds. The zero-order chi connectivity index (χ0) is 14.5. The Labute approximate surface area is 116 Å². The Bertz CT molecular complexity index is 570. The Morgan fingerprint density at radius 2 is 1.95 bits per heavy atom. The second kappa shape index (κ2) is 4.11. The number of benzene rings is 1. The third-order valence-corrected chi connectivity index (χ3v) is 4.00. The molecule has 3 rings (SSSR count). The monoisotopic (exact) mass is 280 g/mol. The van der Waals surface area contributed by atoms with Crippen LogP contribution in [0.15, 0.2) is 12.1 Å². The van der Waals surface area contributed by atoms with Crippen molar-refractivity contribution in [3.63, 3.8) is 0 Å². The maximum absolute atomic E-state index is 14.2. The Balaban J connectivity index is 2.19. The molecule has 4 nitrogen and oxygen atoms in total. The molecule has 1 heterocycles. The second-order valence-corrected chi connectivity index (χ2v) is 5.91. The average Bonchev–Trinajstić information content (AvgIpc) is 3.17. The highest BCUT2D eigenvalue weighted by molar-refractivity contribution is 5.86. The molecule has 1 aliphatic heterocycles. The number of alkyl halides is 1. The van der Waals surface area contributed by atoms with E-state index in [-0.39, 0.29) is 0 Å². The van der Waals surface area contributed by atoms with Crippen LogP contribution in [0.1, 0.15) is 37.8 Å². The average molecular weight is 280 g/mol. The molecule has 1 aliphatic carbocycles. The number of hydrogen-bond donors (Lipinski definition) is 1. The van der Waals surface area contributed by atoms with Crippen LogP contribution < -0.4 is 9.47 Å². The summed E-state index contributed by atoms with van der Waals surface area (Å²) in [5.74, 6) is 0.0221. The van der Waals surface area contributed by atoms with Crippen LogP contribution in [0.25, 0.3) is 0 Å². The molecule has 1 aromatic rings. The van der Waals surface area contributed by atoms with E-state index in [9.17, 15) is 14.3 Å². The van der Waals surface area contributed by atoms with E-state index in [1.54, 1.807) is 12.1 Å². The van der Waals surface area contributed by atoms with Crippen LogP contribution >= 0.6 is 0 Å². The van der Waals surface area contributed by atoms with E-state index in [4.69, 9.17) is 9.47 Å². The molecular weight excluding hydrogens is 263 g/mol. The summed E-state index contributed by atoms with van der Waals surface area (Å²) in [6.07, 6.45) is 1.10. The number of carbonyl (C=O) groups is 1. The van der Waals surface area contributed by atoms with E-state index >= 15 is 0 Å². The summed E-state index contributed by atoms with van der Waals surface area (Å²) in [5.41, 5.74) is -1.53. The maximum atomic E-state index is 14.2. The van der Waals surface area contributed by atoms with Gasteiger partial charge in [0.1, 0.15) is 18.9 Å². The number of fused-ring (bicyclic) bond motifs is 1. The number of ether oxygens (including phenoxy) is 2. The van der Waals surface area contributed by atoms with Crippen molar-refractivity contribution in [2.45, 2.75) is 37.8 Å². The molecule has 0 spiro atoms. The van der Waals surface area contributed by atoms with Gasteiger partial charge in [0.15, 0.2) is 11.5 Å². The van der Waals surface area contributed by atoms with E-state index in [1.807, 2.05) is 0 Å². The Kier molecular flexibility index (Phi) is 2.71. The van der Waals surface area contributed by atoms with E-state index in [0.717, 1.165) is 0 Å². The first kappa shape index (κ1) is 13.2. The zero-order valence-corrected chi connectivity index (χ0v) is 11.5. The molecule has 0 saturated heterocycles. The van der Waals surface area contributed by atoms with Gasteiger partial charge in [0, 0.05) is 5.56 Å². The first-order chi connectivity index (χ1) is 9.34.